The highest BCUT2D eigenvalue weighted by molar-refractivity contribution is 5.81. The Labute approximate surface area is 141 Å². The van der Waals surface area contributed by atoms with Gasteiger partial charge in [0.05, 0.1) is 11.0 Å². The number of anilines is 1. The molecule has 0 unspecified atom stereocenters. The normalized spacial score (nSPS) is 12.9. The monoisotopic (exact) mass is 323 g/mol. The molecule has 0 saturated heterocycles. The van der Waals surface area contributed by atoms with Crippen LogP contribution in [0.2, 0.25) is 0 Å². The Bertz CT molecular complexity index is 868. The van der Waals surface area contributed by atoms with Crippen molar-refractivity contribution in [3.05, 3.63) is 47.8 Å². The zero-order valence-electron chi connectivity index (χ0n) is 13.8. The number of benzene rings is 2. The molecule has 1 aliphatic rings. The third-order valence-corrected chi connectivity index (χ3v) is 4.40. The molecule has 0 spiro atoms. The fourth-order valence-corrected chi connectivity index (χ4v) is 3.07. The standard InChI is InChI=1S/C19H21N3O2/c1-2-3-4-19-21-15-9-17-18(24-12-23-17)10-16(15)22(19)11-13-5-7-14(20)8-6-13/h5-10H,2-4,11-12,20H2,1H3. The summed E-state index contributed by atoms with van der Waals surface area (Å²) in [6.07, 6.45) is 3.23. The molecule has 0 fully saturated rings. The first-order valence-electron chi connectivity index (χ1n) is 8.38. The molecular weight excluding hydrogens is 302 g/mol. The summed E-state index contributed by atoms with van der Waals surface area (Å²) in [5.74, 6) is 2.68. The largest absolute Gasteiger partial charge is 0.454 e. The smallest absolute Gasteiger partial charge is 0.231 e. The molecule has 4 rings (SSSR count). The first-order valence-corrected chi connectivity index (χ1v) is 8.38. The van der Waals surface area contributed by atoms with Crippen LogP contribution in [-0.4, -0.2) is 16.3 Å². The molecule has 0 aliphatic carbocycles. The number of aryl methyl sites for hydroxylation is 1. The van der Waals surface area contributed by atoms with E-state index in [2.05, 4.69) is 23.6 Å². The summed E-state index contributed by atoms with van der Waals surface area (Å²) in [4.78, 5) is 4.84. The number of nitrogens with zero attached hydrogens (tertiary/aromatic N) is 2. The Hall–Kier alpha value is -2.69. The topological polar surface area (TPSA) is 62.3 Å². The number of hydrogen-bond donors (Lipinski definition) is 1. The fourth-order valence-electron chi connectivity index (χ4n) is 3.07. The van der Waals surface area contributed by atoms with E-state index in [9.17, 15) is 0 Å². The minimum absolute atomic E-state index is 0.280. The Kier molecular flexibility index (Phi) is 3.76. The molecule has 3 aromatic rings. The van der Waals surface area contributed by atoms with Crippen molar-refractivity contribution in [2.24, 2.45) is 0 Å². The second-order valence-electron chi connectivity index (χ2n) is 6.15. The van der Waals surface area contributed by atoms with Gasteiger partial charge in [0.15, 0.2) is 11.5 Å². The summed E-state index contributed by atoms with van der Waals surface area (Å²) in [6, 6.07) is 12.0. The number of hydrogen-bond acceptors (Lipinski definition) is 4. The minimum Gasteiger partial charge on any atom is -0.454 e. The highest BCUT2D eigenvalue weighted by Crippen LogP contribution is 2.36. The lowest BCUT2D eigenvalue weighted by atomic mass is 10.2. The molecule has 5 nitrogen and oxygen atoms in total. The van der Waals surface area contributed by atoms with Crippen LogP contribution in [0.25, 0.3) is 11.0 Å². The van der Waals surface area contributed by atoms with Crippen LogP contribution in [0.5, 0.6) is 11.5 Å². The van der Waals surface area contributed by atoms with Gasteiger partial charge in [-0.2, -0.15) is 0 Å². The summed E-state index contributed by atoms with van der Waals surface area (Å²) >= 11 is 0. The number of unbranched alkanes of at least 4 members (excludes halogenated alkanes) is 1. The number of nitrogen functional groups attached to an aromatic ring is 1. The van der Waals surface area contributed by atoms with Crippen molar-refractivity contribution in [1.82, 2.24) is 9.55 Å². The molecule has 0 amide bonds. The lowest BCUT2D eigenvalue weighted by Crippen LogP contribution is -2.05. The van der Waals surface area contributed by atoms with Crippen molar-refractivity contribution in [2.75, 3.05) is 12.5 Å². The molecule has 0 atom stereocenters. The molecule has 2 aromatic carbocycles. The Morgan fingerprint density at radius 1 is 1.12 bits per heavy atom. The van der Waals surface area contributed by atoms with E-state index >= 15 is 0 Å². The van der Waals surface area contributed by atoms with E-state index < -0.39 is 0 Å². The molecule has 0 radical (unpaired) electrons. The molecule has 2 N–H and O–H groups in total. The molecule has 5 heteroatoms. The van der Waals surface area contributed by atoms with Crippen LogP contribution in [0, 0.1) is 0 Å². The zero-order valence-corrected chi connectivity index (χ0v) is 13.8. The first-order chi connectivity index (χ1) is 11.7. The number of imidazole rings is 1. The van der Waals surface area contributed by atoms with E-state index in [-0.39, 0.29) is 6.79 Å². The maximum Gasteiger partial charge on any atom is 0.231 e. The van der Waals surface area contributed by atoms with Gasteiger partial charge in [0, 0.05) is 30.8 Å². The van der Waals surface area contributed by atoms with E-state index in [1.165, 1.54) is 5.56 Å². The number of aromatic nitrogens is 2. The van der Waals surface area contributed by atoms with Gasteiger partial charge in [-0.15, -0.1) is 0 Å². The predicted octanol–water partition coefficient (Wildman–Crippen LogP) is 3.74. The van der Waals surface area contributed by atoms with E-state index in [1.54, 1.807) is 0 Å². The highest BCUT2D eigenvalue weighted by atomic mass is 16.7. The number of ether oxygens (including phenoxy) is 2. The van der Waals surface area contributed by atoms with Gasteiger partial charge in [-0.25, -0.2) is 4.98 Å². The van der Waals surface area contributed by atoms with Crippen LogP contribution in [-0.2, 0) is 13.0 Å². The van der Waals surface area contributed by atoms with Gasteiger partial charge in [0.25, 0.3) is 0 Å². The van der Waals surface area contributed by atoms with Crippen molar-refractivity contribution < 1.29 is 9.47 Å². The summed E-state index contributed by atoms with van der Waals surface area (Å²) in [5, 5.41) is 0. The Morgan fingerprint density at radius 3 is 2.62 bits per heavy atom. The van der Waals surface area contributed by atoms with Gasteiger partial charge < -0.3 is 19.8 Å². The lowest BCUT2D eigenvalue weighted by Gasteiger charge is -2.10. The van der Waals surface area contributed by atoms with E-state index in [1.807, 2.05) is 24.3 Å². The van der Waals surface area contributed by atoms with Gasteiger partial charge in [-0.1, -0.05) is 25.5 Å². The summed E-state index contributed by atoms with van der Waals surface area (Å²) < 4.78 is 13.3. The quantitative estimate of drug-likeness (QED) is 0.727. The van der Waals surface area contributed by atoms with Gasteiger partial charge in [0.1, 0.15) is 5.82 Å². The average molecular weight is 323 g/mol. The van der Waals surface area contributed by atoms with Gasteiger partial charge in [-0.3, -0.25) is 0 Å². The first kappa shape index (κ1) is 14.9. The average Bonchev–Trinajstić information content (AvgIpc) is 3.17. The van der Waals surface area contributed by atoms with Gasteiger partial charge in [0.2, 0.25) is 6.79 Å². The van der Waals surface area contributed by atoms with Crippen LogP contribution < -0.4 is 15.2 Å². The van der Waals surface area contributed by atoms with Gasteiger partial charge in [-0.05, 0) is 24.1 Å². The molecule has 24 heavy (non-hydrogen) atoms. The molecule has 1 aromatic heterocycles. The van der Waals surface area contributed by atoms with E-state index in [0.717, 1.165) is 59.9 Å². The van der Waals surface area contributed by atoms with Crippen LogP contribution in [0.15, 0.2) is 36.4 Å². The molecular formula is C19H21N3O2. The highest BCUT2D eigenvalue weighted by Gasteiger charge is 2.19. The summed E-state index contributed by atoms with van der Waals surface area (Å²) in [7, 11) is 0. The van der Waals surface area contributed by atoms with E-state index in [4.69, 9.17) is 20.2 Å². The SMILES string of the molecule is CCCCc1nc2cc3c(cc2n1Cc1ccc(N)cc1)OCO3. The van der Waals surface area contributed by atoms with Crippen molar-refractivity contribution in [2.45, 2.75) is 32.7 Å². The second-order valence-corrected chi connectivity index (χ2v) is 6.15. The number of nitrogens with two attached hydrogens (primary N) is 1. The summed E-state index contributed by atoms with van der Waals surface area (Å²) in [6.45, 7) is 3.25. The van der Waals surface area contributed by atoms with Crippen molar-refractivity contribution in [3.8, 4) is 11.5 Å². The molecule has 1 aliphatic heterocycles. The predicted molar refractivity (Wildman–Crippen MR) is 94.4 cm³/mol. The minimum atomic E-state index is 0.280. The number of rotatable bonds is 5. The van der Waals surface area contributed by atoms with Gasteiger partial charge >= 0.3 is 0 Å². The maximum absolute atomic E-state index is 5.80. The van der Waals surface area contributed by atoms with Crippen LogP contribution in [0.3, 0.4) is 0 Å². The van der Waals surface area contributed by atoms with Crippen LogP contribution in [0.4, 0.5) is 5.69 Å². The van der Waals surface area contributed by atoms with E-state index in [0.29, 0.717) is 0 Å². The Balaban J connectivity index is 1.78. The maximum atomic E-state index is 5.80. The molecule has 2 heterocycles. The fraction of sp³-hybridized carbons (Fsp3) is 0.316. The Morgan fingerprint density at radius 2 is 1.88 bits per heavy atom. The third kappa shape index (κ3) is 2.66. The molecule has 0 bridgehead atoms. The van der Waals surface area contributed by atoms with Crippen LogP contribution in [0.1, 0.15) is 31.2 Å². The second kappa shape index (κ2) is 6.07. The molecule has 0 saturated carbocycles. The van der Waals surface area contributed by atoms with Crippen molar-refractivity contribution in [1.29, 1.82) is 0 Å². The zero-order chi connectivity index (χ0) is 16.5. The summed E-state index contributed by atoms with van der Waals surface area (Å²) in [5.41, 5.74) is 9.83. The van der Waals surface area contributed by atoms with Crippen molar-refractivity contribution in [3.63, 3.8) is 0 Å². The lowest BCUT2D eigenvalue weighted by molar-refractivity contribution is 0.174. The molecule has 124 valence electrons. The van der Waals surface area contributed by atoms with Crippen molar-refractivity contribution >= 4 is 16.7 Å². The number of fused-ring (bicyclic) bond motifs is 2. The third-order valence-electron chi connectivity index (χ3n) is 4.40. The van der Waals surface area contributed by atoms with Crippen LogP contribution >= 0.6 is 0 Å².